The van der Waals surface area contributed by atoms with Gasteiger partial charge in [-0.15, -0.1) is 0 Å². The smallest absolute Gasteiger partial charge is 0.161 e. The Hall–Kier alpha value is -1.70. The Morgan fingerprint density at radius 3 is 2.50 bits per heavy atom. The van der Waals surface area contributed by atoms with Gasteiger partial charge < -0.3 is 10.2 Å². The van der Waals surface area contributed by atoms with Crippen LogP contribution in [0, 0.1) is 6.92 Å². The van der Waals surface area contributed by atoms with Crippen molar-refractivity contribution < 1.29 is 10.2 Å². The molecule has 1 rings (SSSR count). The standard InChI is InChI=1S/C12H14O2/c1-4-6-9-7-11(13)12(14)8(3)10(9)5-2/h4-7,13-14H,2H2,1,3H3/b6-4-. The van der Waals surface area contributed by atoms with Gasteiger partial charge in [0, 0.05) is 5.56 Å². The van der Waals surface area contributed by atoms with Crippen molar-refractivity contribution in [3.05, 3.63) is 35.4 Å². The highest BCUT2D eigenvalue weighted by molar-refractivity contribution is 5.71. The van der Waals surface area contributed by atoms with Crippen LogP contribution in [0.3, 0.4) is 0 Å². The third-order valence-corrected chi connectivity index (χ3v) is 2.16. The molecule has 74 valence electrons. The molecule has 0 unspecified atom stereocenters. The van der Waals surface area contributed by atoms with Crippen LogP contribution in [0.4, 0.5) is 0 Å². The Labute approximate surface area is 83.8 Å². The van der Waals surface area contributed by atoms with Gasteiger partial charge in [0.25, 0.3) is 0 Å². The van der Waals surface area contributed by atoms with Crippen molar-refractivity contribution in [1.29, 1.82) is 0 Å². The highest BCUT2D eigenvalue weighted by Crippen LogP contribution is 2.34. The van der Waals surface area contributed by atoms with Gasteiger partial charge >= 0.3 is 0 Å². The predicted octanol–water partition coefficient (Wildman–Crippen LogP) is 3.08. The molecule has 0 saturated heterocycles. The van der Waals surface area contributed by atoms with Gasteiger partial charge in [0.1, 0.15) is 0 Å². The molecule has 2 N–H and O–H groups in total. The fourth-order valence-corrected chi connectivity index (χ4v) is 1.42. The summed E-state index contributed by atoms with van der Waals surface area (Å²) >= 11 is 0. The van der Waals surface area contributed by atoms with E-state index in [0.29, 0.717) is 5.56 Å². The van der Waals surface area contributed by atoms with Gasteiger partial charge in [-0.3, -0.25) is 0 Å². The van der Waals surface area contributed by atoms with Crippen LogP contribution in [-0.2, 0) is 0 Å². The van der Waals surface area contributed by atoms with Crippen molar-refractivity contribution in [1.82, 2.24) is 0 Å². The Morgan fingerprint density at radius 2 is 2.00 bits per heavy atom. The van der Waals surface area contributed by atoms with Crippen LogP contribution >= 0.6 is 0 Å². The molecule has 0 aliphatic carbocycles. The molecule has 14 heavy (non-hydrogen) atoms. The normalized spacial score (nSPS) is 10.7. The minimum absolute atomic E-state index is 0.0758. The maximum absolute atomic E-state index is 9.49. The lowest BCUT2D eigenvalue weighted by Gasteiger charge is -2.09. The van der Waals surface area contributed by atoms with Crippen LogP contribution in [0.5, 0.6) is 11.5 Å². The quantitative estimate of drug-likeness (QED) is 0.703. The number of hydrogen-bond donors (Lipinski definition) is 2. The summed E-state index contributed by atoms with van der Waals surface area (Å²) in [6.45, 7) is 7.32. The van der Waals surface area contributed by atoms with Crippen LogP contribution in [-0.4, -0.2) is 10.2 Å². The van der Waals surface area contributed by atoms with Crippen LogP contribution < -0.4 is 0 Å². The second-order valence-corrected chi connectivity index (χ2v) is 3.08. The number of benzene rings is 1. The van der Waals surface area contributed by atoms with Crippen LogP contribution in [0.15, 0.2) is 18.7 Å². The molecule has 2 heteroatoms. The SMILES string of the molecule is C=Cc1c(/C=C\C)cc(O)c(O)c1C. The molecule has 0 aliphatic heterocycles. The summed E-state index contributed by atoms with van der Waals surface area (Å²) in [7, 11) is 0. The number of rotatable bonds is 2. The Bertz CT molecular complexity index is 390. The van der Waals surface area contributed by atoms with E-state index in [2.05, 4.69) is 6.58 Å². The number of hydrogen-bond acceptors (Lipinski definition) is 2. The van der Waals surface area contributed by atoms with Crippen LogP contribution in [0.2, 0.25) is 0 Å². The minimum atomic E-state index is -0.0961. The molecule has 0 heterocycles. The average molecular weight is 190 g/mol. The van der Waals surface area contributed by atoms with E-state index in [1.807, 2.05) is 19.1 Å². The molecule has 0 atom stereocenters. The van der Waals surface area contributed by atoms with Gasteiger partial charge in [0.05, 0.1) is 0 Å². The van der Waals surface area contributed by atoms with Gasteiger partial charge in [0.2, 0.25) is 0 Å². The van der Waals surface area contributed by atoms with Crippen LogP contribution in [0.1, 0.15) is 23.6 Å². The van der Waals surface area contributed by atoms with Crippen molar-refractivity contribution in [3.63, 3.8) is 0 Å². The van der Waals surface area contributed by atoms with Crippen molar-refractivity contribution in [3.8, 4) is 11.5 Å². The zero-order valence-electron chi connectivity index (χ0n) is 8.41. The molecule has 0 spiro atoms. The Kier molecular flexibility index (Phi) is 2.97. The molecular weight excluding hydrogens is 176 g/mol. The minimum Gasteiger partial charge on any atom is -0.504 e. The molecule has 0 bridgehead atoms. The fourth-order valence-electron chi connectivity index (χ4n) is 1.42. The van der Waals surface area contributed by atoms with E-state index in [1.165, 1.54) is 6.07 Å². The first-order valence-electron chi connectivity index (χ1n) is 4.42. The fraction of sp³-hybridized carbons (Fsp3) is 0.167. The number of aromatic hydroxyl groups is 2. The van der Waals surface area contributed by atoms with Gasteiger partial charge in [0.15, 0.2) is 11.5 Å². The van der Waals surface area contributed by atoms with E-state index < -0.39 is 0 Å². The Balaban J connectivity index is 3.51. The first kappa shape index (κ1) is 10.4. The summed E-state index contributed by atoms with van der Waals surface area (Å²) in [6, 6.07) is 1.53. The van der Waals surface area contributed by atoms with E-state index >= 15 is 0 Å². The first-order chi connectivity index (χ1) is 6.61. The van der Waals surface area contributed by atoms with Gasteiger partial charge in [-0.05, 0) is 31.0 Å². The second-order valence-electron chi connectivity index (χ2n) is 3.08. The predicted molar refractivity (Wildman–Crippen MR) is 59.3 cm³/mol. The number of allylic oxidation sites excluding steroid dienone is 1. The maximum atomic E-state index is 9.49. The van der Waals surface area contributed by atoms with E-state index in [1.54, 1.807) is 13.0 Å². The van der Waals surface area contributed by atoms with Gasteiger partial charge in [-0.2, -0.15) is 0 Å². The molecule has 1 aromatic rings. The topological polar surface area (TPSA) is 40.5 Å². The molecule has 1 aromatic carbocycles. The lowest BCUT2D eigenvalue weighted by molar-refractivity contribution is 0.401. The van der Waals surface area contributed by atoms with Crippen molar-refractivity contribution in [2.75, 3.05) is 0 Å². The van der Waals surface area contributed by atoms with Crippen molar-refractivity contribution >= 4 is 12.2 Å². The Morgan fingerprint density at radius 1 is 1.36 bits per heavy atom. The van der Waals surface area contributed by atoms with Gasteiger partial charge in [-0.1, -0.05) is 24.8 Å². The molecular formula is C12H14O2. The maximum Gasteiger partial charge on any atom is 0.161 e. The molecule has 0 fully saturated rings. The molecule has 0 saturated carbocycles. The monoisotopic (exact) mass is 190 g/mol. The summed E-state index contributed by atoms with van der Waals surface area (Å²) < 4.78 is 0. The van der Waals surface area contributed by atoms with Crippen LogP contribution in [0.25, 0.3) is 12.2 Å². The number of phenolic OH excluding ortho intramolecular Hbond substituents is 2. The lowest BCUT2D eigenvalue weighted by atomic mass is 10.00. The molecule has 0 aromatic heterocycles. The summed E-state index contributed by atoms with van der Waals surface area (Å²) in [5, 5.41) is 18.9. The number of phenols is 2. The van der Waals surface area contributed by atoms with E-state index in [-0.39, 0.29) is 11.5 Å². The molecule has 2 nitrogen and oxygen atoms in total. The average Bonchev–Trinajstić information content (AvgIpc) is 2.16. The third-order valence-electron chi connectivity index (χ3n) is 2.16. The summed E-state index contributed by atoms with van der Waals surface area (Å²) in [6.07, 6.45) is 5.41. The summed E-state index contributed by atoms with van der Waals surface area (Å²) in [5.41, 5.74) is 2.35. The third kappa shape index (κ3) is 1.64. The van der Waals surface area contributed by atoms with E-state index in [9.17, 15) is 10.2 Å². The zero-order valence-corrected chi connectivity index (χ0v) is 8.41. The second kappa shape index (κ2) is 4.01. The summed E-state index contributed by atoms with van der Waals surface area (Å²) in [4.78, 5) is 0. The zero-order chi connectivity index (χ0) is 10.7. The lowest BCUT2D eigenvalue weighted by Crippen LogP contribution is -1.87. The largest absolute Gasteiger partial charge is 0.504 e. The van der Waals surface area contributed by atoms with Crippen molar-refractivity contribution in [2.24, 2.45) is 0 Å². The molecule has 0 aliphatic rings. The molecule has 0 radical (unpaired) electrons. The highest BCUT2D eigenvalue weighted by Gasteiger charge is 2.09. The highest BCUT2D eigenvalue weighted by atomic mass is 16.3. The molecule has 0 amide bonds. The van der Waals surface area contributed by atoms with Gasteiger partial charge in [-0.25, -0.2) is 0 Å². The van der Waals surface area contributed by atoms with E-state index in [0.717, 1.165) is 11.1 Å². The van der Waals surface area contributed by atoms with E-state index in [4.69, 9.17) is 0 Å². The first-order valence-corrected chi connectivity index (χ1v) is 4.42. The summed E-state index contributed by atoms with van der Waals surface area (Å²) in [5.74, 6) is -0.172. The van der Waals surface area contributed by atoms with Crippen molar-refractivity contribution in [2.45, 2.75) is 13.8 Å².